The predicted octanol–water partition coefficient (Wildman–Crippen LogP) is 14.7. The zero-order valence-electron chi connectivity index (χ0n) is 35.1. The van der Waals surface area contributed by atoms with Gasteiger partial charge < -0.3 is 4.57 Å². The van der Waals surface area contributed by atoms with Gasteiger partial charge in [-0.05, 0) is 93.2 Å². The summed E-state index contributed by atoms with van der Waals surface area (Å²) in [6.45, 7) is 4.62. The maximum absolute atomic E-state index is 5.58. The Balaban J connectivity index is 1.05. The molecular formula is C59H42N4. The lowest BCUT2D eigenvalue weighted by Gasteiger charge is -2.27. The number of allylic oxidation sites excluding steroid dienone is 6. The highest BCUT2D eigenvalue weighted by molar-refractivity contribution is 6.22. The summed E-state index contributed by atoms with van der Waals surface area (Å²) in [7, 11) is 0. The van der Waals surface area contributed by atoms with Crippen molar-refractivity contribution in [1.29, 1.82) is 0 Å². The second kappa shape index (κ2) is 13.6. The molecule has 63 heavy (non-hydrogen) atoms. The summed E-state index contributed by atoms with van der Waals surface area (Å²) in [5.41, 5.74) is 15.9. The van der Waals surface area contributed by atoms with E-state index >= 15 is 0 Å². The average Bonchev–Trinajstić information content (AvgIpc) is 3.96. The van der Waals surface area contributed by atoms with E-state index < -0.39 is 0 Å². The third-order valence-electron chi connectivity index (χ3n) is 13.9. The minimum atomic E-state index is -0.310. The smallest absolute Gasteiger partial charge is 0.235 e. The van der Waals surface area contributed by atoms with Crippen LogP contribution in [-0.2, 0) is 5.41 Å². The Morgan fingerprint density at radius 2 is 1.17 bits per heavy atom. The third kappa shape index (κ3) is 5.34. The van der Waals surface area contributed by atoms with Crippen molar-refractivity contribution < 1.29 is 0 Å². The SMILES string of the molecule is CC1(C)C(c2ccccc2)=Cc2nc(-n3c4ccc(-c5ccc6c(c5)c5c(n6-c6ccccc6)C=CC6C=CC=CC56)cc4c4c5ccccc5ccc43)nc(-c3ccccc3)c21. The van der Waals surface area contributed by atoms with Crippen molar-refractivity contribution in [2.75, 3.05) is 0 Å². The first-order valence-electron chi connectivity index (χ1n) is 22.0. The van der Waals surface area contributed by atoms with Crippen molar-refractivity contribution in [3.05, 3.63) is 222 Å². The maximum Gasteiger partial charge on any atom is 0.235 e. The van der Waals surface area contributed by atoms with Gasteiger partial charge in [0, 0.05) is 50.2 Å². The molecule has 3 aromatic heterocycles. The van der Waals surface area contributed by atoms with E-state index in [1.807, 2.05) is 0 Å². The van der Waals surface area contributed by atoms with E-state index in [2.05, 4.69) is 229 Å². The second-order valence-electron chi connectivity index (χ2n) is 17.7. The Kier molecular flexibility index (Phi) is 7.74. The van der Waals surface area contributed by atoms with E-state index in [1.54, 1.807) is 0 Å². The molecule has 0 aliphatic heterocycles. The lowest BCUT2D eigenvalue weighted by molar-refractivity contribution is 0.693. The van der Waals surface area contributed by atoms with Crippen LogP contribution in [0, 0.1) is 5.92 Å². The number of hydrogen-bond acceptors (Lipinski definition) is 2. The number of aromatic nitrogens is 4. The van der Waals surface area contributed by atoms with Crippen LogP contribution in [0.4, 0.5) is 0 Å². The van der Waals surface area contributed by atoms with Gasteiger partial charge in [0.2, 0.25) is 5.95 Å². The summed E-state index contributed by atoms with van der Waals surface area (Å²) in [4.78, 5) is 11.1. The highest BCUT2D eigenvalue weighted by Gasteiger charge is 2.39. The van der Waals surface area contributed by atoms with Crippen LogP contribution in [-0.4, -0.2) is 19.1 Å². The number of rotatable bonds is 5. The number of benzene rings is 7. The van der Waals surface area contributed by atoms with E-state index in [1.165, 1.54) is 71.7 Å². The summed E-state index contributed by atoms with van der Waals surface area (Å²) < 4.78 is 4.74. The molecule has 3 heterocycles. The van der Waals surface area contributed by atoms with Gasteiger partial charge in [0.15, 0.2) is 0 Å². The Labute approximate surface area is 366 Å². The summed E-state index contributed by atoms with van der Waals surface area (Å²) in [5, 5.41) is 6.10. The van der Waals surface area contributed by atoms with E-state index in [4.69, 9.17) is 9.97 Å². The molecule has 4 heteroatoms. The number of hydrogen-bond donors (Lipinski definition) is 0. The molecule has 0 bridgehead atoms. The second-order valence-corrected chi connectivity index (χ2v) is 17.7. The van der Waals surface area contributed by atoms with E-state index in [-0.39, 0.29) is 11.3 Å². The van der Waals surface area contributed by atoms with Gasteiger partial charge in [-0.2, -0.15) is 0 Å². The lowest BCUT2D eigenvalue weighted by atomic mass is 9.77. The molecule has 0 radical (unpaired) electrons. The molecule has 2 atom stereocenters. The highest BCUT2D eigenvalue weighted by Crippen LogP contribution is 2.50. The minimum absolute atomic E-state index is 0.279. The fourth-order valence-corrected chi connectivity index (χ4v) is 11.0. The lowest BCUT2D eigenvalue weighted by Crippen LogP contribution is -2.19. The molecule has 10 aromatic rings. The minimum Gasteiger partial charge on any atom is -0.310 e. The van der Waals surface area contributed by atoms with Crippen LogP contribution in [0.5, 0.6) is 0 Å². The first kappa shape index (κ1) is 35.9. The normalized spacial score (nSPS) is 17.1. The van der Waals surface area contributed by atoms with Crippen LogP contribution in [0.1, 0.15) is 47.8 Å². The van der Waals surface area contributed by atoms with Crippen LogP contribution in [0.2, 0.25) is 0 Å². The van der Waals surface area contributed by atoms with Crippen LogP contribution in [0.25, 0.3) is 95.2 Å². The topological polar surface area (TPSA) is 35.6 Å². The molecule has 2 unspecified atom stereocenters. The molecule has 0 saturated carbocycles. The molecule has 3 aliphatic carbocycles. The standard InChI is InChI=1S/C59H42N4/c1-59(2)48(39-18-6-3-7-19-39)36-49-56(59)57(40-20-8-4-9-21-40)61-58(60-49)63-51-31-29-42(35-47(51)55-45-25-15-13-17-38(45)27-33-53(55)63)41-28-30-50-46(34-41)54-44-24-14-12-16-37(44)26-32-52(54)62(50)43-22-10-5-11-23-43/h3-37,44H,1-2H3. The van der Waals surface area contributed by atoms with Crippen LogP contribution in [0.3, 0.4) is 0 Å². The summed E-state index contributed by atoms with van der Waals surface area (Å²) in [6.07, 6.45) is 16.1. The summed E-state index contributed by atoms with van der Waals surface area (Å²) in [6, 6.07) is 59.4. The van der Waals surface area contributed by atoms with Crippen molar-refractivity contribution in [2.24, 2.45) is 5.92 Å². The molecule has 13 rings (SSSR count). The van der Waals surface area contributed by atoms with Gasteiger partial charge in [0.1, 0.15) is 0 Å². The van der Waals surface area contributed by atoms with Crippen molar-refractivity contribution in [1.82, 2.24) is 19.1 Å². The molecule has 0 N–H and O–H groups in total. The molecule has 298 valence electrons. The Morgan fingerprint density at radius 1 is 0.524 bits per heavy atom. The fraction of sp³-hybridized carbons (Fsp3) is 0.0847. The van der Waals surface area contributed by atoms with Crippen molar-refractivity contribution in [2.45, 2.75) is 25.2 Å². The third-order valence-corrected chi connectivity index (χ3v) is 13.9. The first-order valence-corrected chi connectivity index (χ1v) is 22.0. The van der Waals surface area contributed by atoms with Gasteiger partial charge in [-0.25, -0.2) is 9.97 Å². The maximum atomic E-state index is 5.58. The van der Waals surface area contributed by atoms with E-state index in [9.17, 15) is 0 Å². The van der Waals surface area contributed by atoms with Gasteiger partial charge in [0.25, 0.3) is 0 Å². The van der Waals surface area contributed by atoms with Crippen LogP contribution in [0.15, 0.2) is 194 Å². The predicted molar refractivity (Wildman–Crippen MR) is 262 cm³/mol. The first-order chi connectivity index (χ1) is 31.0. The van der Waals surface area contributed by atoms with Gasteiger partial charge in [-0.1, -0.05) is 166 Å². The highest BCUT2D eigenvalue weighted by atomic mass is 15.2. The Hall–Kier alpha value is -7.82. The molecular weight excluding hydrogens is 765 g/mol. The molecule has 4 nitrogen and oxygen atoms in total. The van der Waals surface area contributed by atoms with Gasteiger partial charge in [-0.15, -0.1) is 0 Å². The Bertz CT molecular complexity index is 3640. The van der Waals surface area contributed by atoms with Crippen molar-refractivity contribution >= 4 is 61.2 Å². The van der Waals surface area contributed by atoms with E-state index in [0.717, 1.165) is 33.5 Å². The summed E-state index contributed by atoms with van der Waals surface area (Å²) >= 11 is 0. The van der Waals surface area contributed by atoms with Crippen LogP contribution < -0.4 is 0 Å². The molecule has 7 aromatic carbocycles. The van der Waals surface area contributed by atoms with E-state index in [0.29, 0.717) is 11.9 Å². The van der Waals surface area contributed by atoms with Crippen molar-refractivity contribution in [3.63, 3.8) is 0 Å². The Morgan fingerprint density at radius 3 is 1.95 bits per heavy atom. The largest absolute Gasteiger partial charge is 0.310 e. The van der Waals surface area contributed by atoms with Crippen molar-refractivity contribution in [3.8, 4) is 34.0 Å². The molecule has 0 spiro atoms. The number of para-hydroxylation sites is 1. The van der Waals surface area contributed by atoms with Gasteiger partial charge in [0.05, 0.1) is 33.6 Å². The van der Waals surface area contributed by atoms with Gasteiger partial charge in [-0.3, -0.25) is 4.57 Å². The molecule has 0 saturated heterocycles. The number of nitrogens with zero attached hydrogens (tertiary/aromatic N) is 4. The van der Waals surface area contributed by atoms with Gasteiger partial charge >= 0.3 is 0 Å². The molecule has 0 amide bonds. The van der Waals surface area contributed by atoms with Crippen LogP contribution >= 0.6 is 0 Å². The monoisotopic (exact) mass is 806 g/mol. The number of fused-ring (bicyclic) bond motifs is 11. The zero-order valence-corrected chi connectivity index (χ0v) is 35.1. The molecule has 0 fully saturated rings. The molecule has 3 aliphatic rings. The summed E-state index contributed by atoms with van der Waals surface area (Å²) in [5.74, 6) is 1.29. The average molecular weight is 807 g/mol. The quantitative estimate of drug-likeness (QED) is 0.174. The fourth-order valence-electron chi connectivity index (χ4n) is 11.0. The zero-order chi connectivity index (χ0) is 41.8.